The van der Waals surface area contributed by atoms with Crippen molar-refractivity contribution in [3.8, 4) is 11.4 Å². The standard InChI is InChI=1S/C16H19N3O/c1-10(2)11-3-5-12(6-4-11)16-18-14-7-8-20-9-13(14)15(17)19-16/h3-6,10H,7-9H2,1-2H3,(H2,17,18,19). The van der Waals surface area contributed by atoms with Crippen LogP contribution in [-0.2, 0) is 17.8 Å². The molecular weight excluding hydrogens is 250 g/mol. The number of nitrogens with zero attached hydrogens (tertiary/aromatic N) is 2. The molecule has 0 spiro atoms. The van der Waals surface area contributed by atoms with E-state index >= 15 is 0 Å². The van der Waals surface area contributed by atoms with Crippen LogP contribution in [0, 0.1) is 0 Å². The molecule has 1 aliphatic rings. The van der Waals surface area contributed by atoms with Gasteiger partial charge in [0.05, 0.1) is 18.9 Å². The number of fused-ring (bicyclic) bond motifs is 1. The molecule has 104 valence electrons. The first kappa shape index (κ1) is 13.1. The molecule has 0 fully saturated rings. The van der Waals surface area contributed by atoms with Gasteiger partial charge in [-0.15, -0.1) is 0 Å². The Kier molecular flexibility index (Phi) is 3.40. The fraction of sp³-hybridized carbons (Fsp3) is 0.375. The zero-order valence-electron chi connectivity index (χ0n) is 11.9. The SMILES string of the molecule is CC(C)c1ccc(-c2nc(N)c3c(n2)CCOC3)cc1. The summed E-state index contributed by atoms with van der Waals surface area (Å²) < 4.78 is 5.40. The van der Waals surface area contributed by atoms with Crippen LogP contribution in [0.3, 0.4) is 0 Å². The second kappa shape index (κ2) is 5.21. The molecule has 0 amide bonds. The van der Waals surface area contributed by atoms with Gasteiger partial charge in [0, 0.05) is 17.5 Å². The van der Waals surface area contributed by atoms with Gasteiger partial charge < -0.3 is 10.5 Å². The molecular formula is C16H19N3O. The maximum absolute atomic E-state index is 6.03. The lowest BCUT2D eigenvalue weighted by Crippen LogP contribution is -2.16. The lowest BCUT2D eigenvalue weighted by atomic mass is 10.0. The molecule has 1 aliphatic heterocycles. The van der Waals surface area contributed by atoms with E-state index in [1.54, 1.807) is 0 Å². The van der Waals surface area contributed by atoms with Crippen LogP contribution in [0.5, 0.6) is 0 Å². The number of anilines is 1. The molecule has 1 aromatic carbocycles. The monoisotopic (exact) mass is 269 g/mol. The fourth-order valence-corrected chi connectivity index (χ4v) is 2.40. The summed E-state index contributed by atoms with van der Waals surface area (Å²) in [6, 6.07) is 8.38. The van der Waals surface area contributed by atoms with Crippen LogP contribution in [0.15, 0.2) is 24.3 Å². The van der Waals surface area contributed by atoms with Crippen LogP contribution in [0.4, 0.5) is 5.82 Å². The van der Waals surface area contributed by atoms with Crippen molar-refractivity contribution in [3.63, 3.8) is 0 Å². The molecule has 3 rings (SSSR count). The molecule has 0 saturated heterocycles. The molecule has 0 saturated carbocycles. The Hall–Kier alpha value is -1.94. The molecule has 4 nitrogen and oxygen atoms in total. The highest BCUT2D eigenvalue weighted by molar-refractivity contribution is 5.59. The number of hydrogen-bond acceptors (Lipinski definition) is 4. The predicted molar refractivity (Wildman–Crippen MR) is 79.3 cm³/mol. The minimum Gasteiger partial charge on any atom is -0.383 e. The number of aromatic nitrogens is 2. The zero-order valence-corrected chi connectivity index (χ0v) is 11.9. The summed E-state index contributed by atoms with van der Waals surface area (Å²) in [6.07, 6.45) is 0.805. The van der Waals surface area contributed by atoms with Crippen LogP contribution >= 0.6 is 0 Å². The molecule has 0 unspecified atom stereocenters. The molecule has 0 bridgehead atoms. The summed E-state index contributed by atoms with van der Waals surface area (Å²) in [4.78, 5) is 9.07. The van der Waals surface area contributed by atoms with Crippen molar-refractivity contribution in [1.29, 1.82) is 0 Å². The summed E-state index contributed by atoms with van der Waals surface area (Å²) in [5.74, 6) is 1.77. The van der Waals surface area contributed by atoms with Gasteiger partial charge >= 0.3 is 0 Å². The summed E-state index contributed by atoms with van der Waals surface area (Å²) in [7, 11) is 0. The third kappa shape index (κ3) is 2.39. The van der Waals surface area contributed by atoms with Gasteiger partial charge in [0.15, 0.2) is 5.82 Å². The van der Waals surface area contributed by atoms with E-state index in [1.165, 1.54) is 5.56 Å². The topological polar surface area (TPSA) is 61.0 Å². The average molecular weight is 269 g/mol. The minimum atomic E-state index is 0.522. The van der Waals surface area contributed by atoms with E-state index in [1.807, 2.05) is 0 Å². The van der Waals surface area contributed by atoms with E-state index < -0.39 is 0 Å². The third-order valence-corrected chi connectivity index (χ3v) is 3.69. The number of hydrogen-bond donors (Lipinski definition) is 1. The van der Waals surface area contributed by atoms with Gasteiger partial charge in [-0.25, -0.2) is 9.97 Å². The van der Waals surface area contributed by atoms with Gasteiger partial charge in [0.2, 0.25) is 0 Å². The largest absolute Gasteiger partial charge is 0.383 e. The van der Waals surface area contributed by atoms with Crippen LogP contribution in [-0.4, -0.2) is 16.6 Å². The van der Waals surface area contributed by atoms with Crippen molar-refractivity contribution in [2.45, 2.75) is 32.8 Å². The van der Waals surface area contributed by atoms with Crippen LogP contribution < -0.4 is 5.73 Å². The first-order chi connectivity index (χ1) is 9.65. The van der Waals surface area contributed by atoms with Gasteiger partial charge in [-0.1, -0.05) is 38.1 Å². The first-order valence-corrected chi connectivity index (χ1v) is 6.98. The van der Waals surface area contributed by atoms with Gasteiger partial charge in [0.1, 0.15) is 5.82 Å². The summed E-state index contributed by atoms with van der Waals surface area (Å²) in [5, 5.41) is 0. The van der Waals surface area contributed by atoms with Crippen molar-refractivity contribution >= 4 is 5.82 Å². The Morgan fingerprint density at radius 3 is 2.60 bits per heavy atom. The predicted octanol–water partition coefficient (Wildman–Crippen LogP) is 2.92. The summed E-state index contributed by atoms with van der Waals surface area (Å²) in [6.45, 7) is 5.59. The molecule has 2 N–H and O–H groups in total. The Morgan fingerprint density at radius 2 is 1.90 bits per heavy atom. The van der Waals surface area contributed by atoms with Crippen molar-refractivity contribution < 1.29 is 4.74 Å². The van der Waals surface area contributed by atoms with E-state index in [4.69, 9.17) is 10.5 Å². The second-order valence-electron chi connectivity index (χ2n) is 5.44. The Labute approximate surface area is 119 Å². The number of rotatable bonds is 2. The number of benzene rings is 1. The van der Waals surface area contributed by atoms with Crippen LogP contribution in [0.2, 0.25) is 0 Å². The van der Waals surface area contributed by atoms with E-state index in [-0.39, 0.29) is 0 Å². The van der Waals surface area contributed by atoms with Crippen LogP contribution in [0.25, 0.3) is 11.4 Å². The fourth-order valence-electron chi connectivity index (χ4n) is 2.40. The van der Waals surface area contributed by atoms with Gasteiger partial charge in [-0.2, -0.15) is 0 Å². The summed E-state index contributed by atoms with van der Waals surface area (Å²) in [5.41, 5.74) is 10.3. The van der Waals surface area contributed by atoms with E-state index in [2.05, 4.69) is 48.1 Å². The highest BCUT2D eigenvalue weighted by Crippen LogP contribution is 2.25. The zero-order chi connectivity index (χ0) is 14.1. The molecule has 0 atom stereocenters. The lowest BCUT2D eigenvalue weighted by Gasteiger charge is -2.17. The molecule has 0 aliphatic carbocycles. The number of nitrogens with two attached hydrogens (primary N) is 1. The van der Waals surface area contributed by atoms with Crippen molar-refractivity contribution in [1.82, 2.24) is 9.97 Å². The molecule has 2 heterocycles. The van der Waals surface area contributed by atoms with Gasteiger partial charge in [0.25, 0.3) is 0 Å². The van der Waals surface area contributed by atoms with Crippen LogP contribution in [0.1, 0.15) is 36.6 Å². The number of ether oxygens (including phenoxy) is 1. The first-order valence-electron chi connectivity index (χ1n) is 6.98. The maximum Gasteiger partial charge on any atom is 0.161 e. The van der Waals surface area contributed by atoms with E-state index in [0.29, 0.717) is 30.8 Å². The third-order valence-electron chi connectivity index (χ3n) is 3.69. The quantitative estimate of drug-likeness (QED) is 0.910. The Morgan fingerprint density at radius 1 is 1.15 bits per heavy atom. The average Bonchev–Trinajstić information content (AvgIpc) is 2.47. The van der Waals surface area contributed by atoms with E-state index in [9.17, 15) is 0 Å². The molecule has 4 heteroatoms. The highest BCUT2D eigenvalue weighted by atomic mass is 16.5. The van der Waals surface area contributed by atoms with Crippen molar-refractivity contribution in [2.75, 3.05) is 12.3 Å². The number of nitrogen functional groups attached to an aromatic ring is 1. The lowest BCUT2D eigenvalue weighted by molar-refractivity contribution is 0.109. The normalized spacial score (nSPS) is 14.3. The Bertz CT molecular complexity index is 620. The molecule has 20 heavy (non-hydrogen) atoms. The van der Waals surface area contributed by atoms with Crippen molar-refractivity contribution in [2.24, 2.45) is 0 Å². The van der Waals surface area contributed by atoms with Crippen molar-refractivity contribution in [3.05, 3.63) is 41.1 Å². The highest BCUT2D eigenvalue weighted by Gasteiger charge is 2.17. The molecule has 0 radical (unpaired) electrons. The summed E-state index contributed by atoms with van der Waals surface area (Å²) >= 11 is 0. The Balaban J connectivity index is 1.99. The van der Waals surface area contributed by atoms with Gasteiger partial charge in [-0.3, -0.25) is 0 Å². The maximum atomic E-state index is 6.03. The van der Waals surface area contributed by atoms with Gasteiger partial charge in [-0.05, 0) is 11.5 Å². The smallest absolute Gasteiger partial charge is 0.161 e. The molecule has 2 aromatic rings. The minimum absolute atomic E-state index is 0.522. The molecule has 1 aromatic heterocycles. The second-order valence-corrected chi connectivity index (χ2v) is 5.44. The van der Waals surface area contributed by atoms with E-state index in [0.717, 1.165) is 23.2 Å².